The van der Waals surface area contributed by atoms with Crippen LogP contribution in [0.5, 0.6) is 0 Å². The Morgan fingerprint density at radius 3 is 2.19 bits per heavy atom. The summed E-state index contributed by atoms with van der Waals surface area (Å²) in [6.07, 6.45) is 1.29. The summed E-state index contributed by atoms with van der Waals surface area (Å²) in [4.78, 5) is 35.8. The lowest BCUT2D eigenvalue weighted by Crippen LogP contribution is -2.42. The Bertz CT molecular complexity index is 1280. The van der Waals surface area contributed by atoms with E-state index in [-0.39, 0.29) is 16.4 Å². The number of nitrogens with zero attached hydrogens (tertiary/aromatic N) is 3. The molecule has 3 aromatic rings. The average Bonchev–Trinajstić information content (AvgIpc) is 3.34. The standard InChI is InChI=1S/C26H31ClN6O3Si/c1-26(2,3)37(5,6)36-16-15-33(28-4)21-13-11-20(12-14-21)32-25(35)23-22(29-17-30-23)24(34)31-19-9-7-18(27)8-10-19/h7-14,17H,15-16H2,1-3,5-6H3,(H,29,30)(H,31,34)(H,32,35). The minimum atomic E-state index is -1.90. The maximum absolute atomic E-state index is 12.8. The third-order valence-corrected chi connectivity index (χ3v) is 11.1. The van der Waals surface area contributed by atoms with E-state index in [9.17, 15) is 9.59 Å². The van der Waals surface area contributed by atoms with Crippen molar-refractivity contribution in [2.45, 2.75) is 38.9 Å². The zero-order chi connectivity index (χ0) is 27.2. The first-order chi connectivity index (χ1) is 17.4. The predicted molar refractivity (Wildman–Crippen MR) is 149 cm³/mol. The van der Waals surface area contributed by atoms with Crippen LogP contribution in [0.4, 0.5) is 17.1 Å². The first-order valence-corrected chi connectivity index (χ1v) is 15.0. The highest BCUT2D eigenvalue weighted by atomic mass is 35.5. The van der Waals surface area contributed by atoms with Gasteiger partial charge in [-0.1, -0.05) is 37.4 Å². The number of carbonyl (C=O) groups excluding carboxylic acids is 2. The molecular formula is C26H31ClN6O3Si. The molecule has 0 aliphatic rings. The summed E-state index contributed by atoms with van der Waals surface area (Å²) in [7, 11) is -1.90. The molecule has 1 heterocycles. The van der Waals surface area contributed by atoms with Gasteiger partial charge in [0.25, 0.3) is 11.8 Å². The SMILES string of the molecule is [C-]#[N+]N(CCO[Si](C)(C)C(C)(C)C)c1ccc(NC(=O)c2nc[nH]c2C(=O)Nc2ccc(Cl)cc2)cc1. The fraction of sp³-hybridized carbons (Fsp3) is 0.308. The van der Waals surface area contributed by atoms with E-state index in [1.807, 2.05) is 0 Å². The van der Waals surface area contributed by atoms with Crippen LogP contribution < -0.4 is 15.6 Å². The molecule has 3 N–H and O–H groups in total. The first kappa shape index (κ1) is 27.9. The summed E-state index contributed by atoms with van der Waals surface area (Å²) in [5, 5.41) is 7.62. The second-order valence-corrected chi connectivity index (χ2v) is 15.2. The first-order valence-electron chi connectivity index (χ1n) is 11.7. The van der Waals surface area contributed by atoms with E-state index < -0.39 is 20.1 Å². The van der Waals surface area contributed by atoms with Crippen LogP contribution in [0.3, 0.4) is 0 Å². The van der Waals surface area contributed by atoms with Crippen LogP contribution in [0.15, 0.2) is 54.9 Å². The molecule has 0 bridgehead atoms. The smallest absolute Gasteiger partial charge is 0.276 e. The number of amides is 2. The molecule has 0 spiro atoms. The van der Waals surface area contributed by atoms with Crippen molar-refractivity contribution in [3.8, 4) is 0 Å². The molecule has 37 heavy (non-hydrogen) atoms. The molecule has 0 aliphatic carbocycles. The van der Waals surface area contributed by atoms with E-state index in [1.54, 1.807) is 48.5 Å². The van der Waals surface area contributed by atoms with Gasteiger partial charge in [-0.25, -0.2) is 4.98 Å². The Hall–Kier alpha value is -3.65. The molecule has 11 heteroatoms. The summed E-state index contributed by atoms with van der Waals surface area (Å²) >= 11 is 5.88. The number of rotatable bonds is 9. The Morgan fingerprint density at radius 1 is 1.05 bits per heavy atom. The van der Waals surface area contributed by atoms with Gasteiger partial charge in [0, 0.05) is 16.4 Å². The second kappa shape index (κ2) is 11.6. The van der Waals surface area contributed by atoms with E-state index in [2.05, 4.69) is 59.4 Å². The molecule has 3 rings (SSSR count). The Morgan fingerprint density at radius 2 is 1.62 bits per heavy atom. The van der Waals surface area contributed by atoms with Gasteiger partial charge in [-0.3, -0.25) is 9.59 Å². The molecule has 0 fully saturated rings. The van der Waals surface area contributed by atoms with Crippen molar-refractivity contribution < 1.29 is 14.0 Å². The van der Waals surface area contributed by atoms with Gasteiger partial charge < -0.3 is 20.0 Å². The van der Waals surface area contributed by atoms with E-state index >= 15 is 0 Å². The maximum atomic E-state index is 12.8. The van der Waals surface area contributed by atoms with Crippen LogP contribution in [0, 0.1) is 6.57 Å². The average molecular weight is 539 g/mol. The molecule has 2 aromatic carbocycles. The summed E-state index contributed by atoms with van der Waals surface area (Å²) in [5.41, 5.74) is 1.72. The molecule has 0 radical (unpaired) electrons. The quantitative estimate of drug-likeness (QED) is 0.170. The molecule has 0 saturated carbocycles. The number of benzene rings is 2. The van der Waals surface area contributed by atoms with Crippen LogP contribution in [-0.2, 0) is 4.43 Å². The van der Waals surface area contributed by atoms with Gasteiger partial charge in [-0.2, -0.15) is 11.5 Å². The molecule has 2 amide bonds. The normalized spacial score (nSPS) is 11.5. The Labute approximate surface area is 223 Å². The highest BCUT2D eigenvalue weighted by molar-refractivity contribution is 6.74. The summed E-state index contributed by atoms with van der Waals surface area (Å²) in [5.74, 6) is -1.05. The van der Waals surface area contributed by atoms with Gasteiger partial charge in [-0.15, -0.1) is 0 Å². The molecule has 0 aliphatic heterocycles. The molecule has 9 nitrogen and oxygen atoms in total. The lowest BCUT2D eigenvalue weighted by atomic mass is 10.2. The van der Waals surface area contributed by atoms with Crippen molar-refractivity contribution in [3.63, 3.8) is 0 Å². The van der Waals surface area contributed by atoms with E-state index in [1.165, 1.54) is 11.3 Å². The number of halogens is 1. The number of nitrogens with one attached hydrogen (secondary N) is 3. The largest absolute Gasteiger partial charge is 0.415 e. The topological polar surface area (TPSA) is 104 Å². The molecule has 0 saturated heterocycles. The Balaban J connectivity index is 1.61. The zero-order valence-corrected chi connectivity index (χ0v) is 23.3. The highest BCUT2D eigenvalue weighted by Crippen LogP contribution is 2.36. The van der Waals surface area contributed by atoms with E-state index in [4.69, 9.17) is 22.6 Å². The van der Waals surface area contributed by atoms with E-state index in [0.29, 0.717) is 35.2 Å². The zero-order valence-electron chi connectivity index (χ0n) is 21.6. The number of imidazole rings is 1. The number of aromatic amines is 1. The third kappa shape index (κ3) is 7.19. The lowest BCUT2D eigenvalue weighted by molar-refractivity contribution is 0.0985. The third-order valence-electron chi connectivity index (χ3n) is 6.30. The monoisotopic (exact) mass is 538 g/mol. The highest BCUT2D eigenvalue weighted by Gasteiger charge is 2.37. The van der Waals surface area contributed by atoms with Crippen LogP contribution in [-0.4, -0.2) is 43.3 Å². The number of hydrogen-bond donors (Lipinski definition) is 3. The van der Waals surface area contributed by atoms with Crippen LogP contribution in [0.1, 0.15) is 41.7 Å². The molecule has 1 aromatic heterocycles. The van der Waals surface area contributed by atoms with Gasteiger partial charge in [0.2, 0.25) is 0 Å². The maximum Gasteiger partial charge on any atom is 0.276 e. The summed E-state index contributed by atoms with van der Waals surface area (Å²) in [6, 6.07) is 13.5. The molecule has 0 unspecified atom stereocenters. The van der Waals surface area contributed by atoms with Gasteiger partial charge in [0.1, 0.15) is 17.9 Å². The van der Waals surface area contributed by atoms with Gasteiger partial charge >= 0.3 is 0 Å². The molecule has 194 valence electrons. The van der Waals surface area contributed by atoms with Crippen LogP contribution >= 0.6 is 11.6 Å². The second-order valence-electron chi connectivity index (χ2n) is 9.92. The number of aromatic nitrogens is 2. The molecule has 0 atom stereocenters. The lowest BCUT2D eigenvalue weighted by Gasteiger charge is -2.36. The van der Waals surface area contributed by atoms with Gasteiger partial charge in [-0.05, 0) is 66.7 Å². The van der Waals surface area contributed by atoms with Crippen molar-refractivity contribution in [2.24, 2.45) is 0 Å². The number of H-pyrrole nitrogens is 1. The molecular weight excluding hydrogens is 508 g/mol. The minimum Gasteiger partial charge on any atom is -0.415 e. The number of carbonyl (C=O) groups is 2. The van der Waals surface area contributed by atoms with Crippen molar-refractivity contribution in [1.29, 1.82) is 0 Å². The van der Waals surface area contributed by atoms with Crippen molar-refractivity contribution in [3.05, 3.63) is 82.8 Å². The van der Waals surface area contributed by atoms with Crippen molar-refractivity contribution in [2.75, 3.05) is 28.8 Å². The predicted octanol–water partition coefficient (Wildman–Crippen LogP) is 6.23. The Kier molecular flexibility index (Phi) is 8.75. The van der Waals surface area contributed by atoms with Crippen LogP contribution in [0.2, 0.25) is 23.2 Å². The van der Waals surface area contributed by atoms with E-state index in [0.717, 1.165) is 0 Å². The summed E-state index contributed by atoms with van der Waals surface area (Å²) < 4.78 is 6.19. The van der Waals surface area contributed by atoms with Crippen molar-refractivity contribution >= 4 is 48.8 Å². The van der Waals surface area contributed by atoms with Crippen molar-refractivity contribution in [1.82, 2.24) is 9.97 Å². The fourth-order valence-corrected chi connectivity index (χ4v) is 4.27. The van der Waals surface area contributed by atoms with Gasteiger partial charge in [0.15, 0.2) is 14.0 Å². The van der Waals surface area contributed by atoms with Crippen LogP contribution in [0.25, 0.3) is 4.95 Å². The number of anilines is 3. The number of hydrogen-bond acceptors (Lipinski definition) is 5. The minimum absolute atomic E-state index is 0.0324. The fourth-order valence-electron chi connectivity index (χ4n) is 3.11. The van der Waals surface area contributed by atoms with Gasteiger partial charge in [0.05, 0.1) is 12.9 Å². The summed E-state index contributed by atoms with van der Waals surface area (Å²) in [6.45, 7) is 19.3.